The molecule has 2 rings (SSSR count). The summed E-state index contributed by atoms with van der Waals surface area (Å²) < 4.78 is 5.70. The Labute approximate surface area is 143 Å². The molecule has 0 saturated heterocycles. The van der Waals surface area contributed by atoms with Gasteiger partial charge in [-0.2, -0.15) is 0 Å². The van der Waals surface area contributed by atoms with Crippen molar-refractivity contribution in [2.75, 3.05) is 13.2 Å². The molecule has 3 N–H and O–H groups in total. The summed E-state index contributed by atoms with van der Waals surface area (Å²) in [4.78, 5) is 16.7. The van der Waals surface area contributed by atoms with Crippen LogP contribution in [0.3, 0.4) is 0 Å². The Morgan fingerprint density at radius 1 is 1.29 bits per heavy atom. The van der Waals surface area contributed by atoms with Crippen LogP contribution in [-0.4, -0.2) is 24.0 Å². The number of ether oxygens (including phenoxy) is 1. The number of hydrogen-bond acceptors (Lipinski definition) is 4. The van der Waals surface area contributed by atoms with E-state index in [0.717, 1.165) is 29.0 Å². The van der Waals surface area contributed by atoms with E-state index in [9.17, 15) is 4.79 Å². The molecule has 0 spiro atoms. The fourth-order valence-corrected chi connectivity index (χ4v) is 2.26. The molecule has 24 heavy (non-hydrogen) atoms. The van der Waals surface area contributed by atoms with E-state index in [-0.39, 0.29) is 11.9 Å². The molecular formula is C19H25N3O2. The SMILES string of the molecule is Cc1ccc([C@H](C)NC(=O)c2ccc(C)c(OCCCN)c2)cn1. The van der Waals surface area contributed by atoms with Gasteiger partial charge in [-0.05, 0) is 63.1 Å². The van der Waals surface area contributed by atoms with Crippen molar-refractivity contribution >= 4 is 5.91 Å². The fraction of sp³-hybridized carbons (Fsp3) is 0.368. The van der Waals surface area contributed by atoms with Gasteiger partial charge >= 0.3 is 0 Å². The van der Waals surface area contributed by atoms with Crippen LogP contribution in [-0.2, 0) is 0 Å². The van der Waals surface area contributed by atoms with Crippen molar-refractivity contribution in [3.05, 3.63) is 58.9 Å². The number of amides is 1. The highest BCUT2D eigenvalue weighted by Gasteiger charge is 2.13. The third-order valence-corrected chi connectivity index (χ3v) is 3.84. The molecule has 1 atom stereocenters. The second-order valence-corrected chi connectivity index (χ2v) is 5.90. The Morgan fingerprint density at radius 2 is 2.08 bits per heavy atom. The summed E-state index contributed by atoms with van der Waals surface area (Å²) >= 11 is 0. The number of benzene rings is 1. The first kappa shape index (κ1) is 17.9. The van der Waals surface area contributed by atoms with Crippen LogP contribution in [0.25, 0.3) is 0 Å². The second kappa shape index (κ2) is 8.45. The highest BCUT2D eigenvalue weighted by Crippen LogP contribution is 2.21. The van der Waals surface area contributed by atoms with Crippen molar-refractivity contribution in [1.82, 2.24) is 10.3 Å². The van der Waals surface area contributed by atoms with Crippen LogP contribution in [0, 0.1) is 13.8 Å². The monoisotopic (exact) mass is 327 g/mol. The summed E-state index contributed by atoms with van der Waals surface area (Å²) in [6, 6.07) is 9.28. The highest BCUT2D eigenvalue weighted by molar-refractivity contribution is 5.95. The number of nitrogens with two attached hydrogens (primary N) is 1. The number of aryl methyl sites for hydroxylation is 2. The predicted molar refractivity (Wildman–Crippen MR) is 95.2 cm³/mol. The van der Waals surface area contributed by atoms with Gasteiger partial charge < -0.3 is 15.8 Å². The predicted octanol–water partition coefficient (Wildman–Crippen LogP) is 2.92. The van der Waals surface area contributed by atoms with Crippen LogP contribution in [0.5, 0.6) is 5.75 Å². The minimum absolute atomic E-state index is 0.117. The van der Waals surface area contributed by atoms with E-state index < -0.39 is 0 Å². The van der Waals surface area contributed by atoms with Crippen LogP contribution in [0.1, 0.15) is 46.6 Å². The molecule has 1 heterocycles. The summed E-state index contributed by atoms with van der Waals surface area (Å²) in [5, 5.41) is 2.99. The molecule has 1 aromatic carbocycles. The van der Waals surface area contributed by atoms with Gasteiger partial charge in [0, 0.05) is 17.5 Å². The third-order valence-electron chi connectivity index (χ3n) is 3.84. The summed E-state index contributed by atoms with van der Waals surface area (Å²) in [6.45, 7) is 6.97. The Kier molecular flexibility index (Phi) is 6.32. The van der Waals surface area contributed by atoms with Gasteiger partial charge in [-0.15, -0.1) is 0 Å². The van der Waals surface area contributed by atoms with E-state index in [2.05, 4.69) is 10.3 Å². The maximum absolute atomic E-state index is 12.5. The molecule has 128 valence electrons. The maximum atomic E-state index is 12.5. The first-order valence-corrected chi connectivity index (χ1v) is 8.18. The number of carbonyl (C=O) groups excluding carboxylic acids is 1. The molecule has 1 amide bonds. The normalized spacial score (nSPS) is 11.8. The first-order chi connectivity index (χ1) is 11.5. The van der Waals surface area contributed by atoms with Crippen molar-refractivity contribution < 1.29 is 9.53 Å². The largest absolute Gasteiger partial charge is 0.493 e. The molecule has 1 aromatic heterocycles. The summed E-state index contributed by atoms with van der Waals surface area (Å²) in [7, 11) is 0. The van der Waals surface area contributed by atoms with Gasteiger partial charge in [-0.3, -0.25) is 9.78 Å². The number of hydrogen-bond donors (Lipinski definition) is 2. The zero-order valence-electron chi connectivity index (χ0n) is 14.5. The zero-order valence-corrected chi connectivity index (χ0v) is 14.5. The third kappa shape index (κ3) is 4.80. The maximum Gasteiger partial charge on any atom is 0.251 e. The Bertz CT molecular complexity index is 684. The van der Waals surface area contributed by atoms with Gasteiger partial charge in [0.1, 0.15) is 5.75 Å². The molecule has 2 aromatic rings. The van der Waals surface area contributed by atoms with Crippen molar-refractivity contribution in [1.29, 1.82) is 0 Å². The lowest BCUT2D eigenvalue weighted by Gasteiger charge is -2.15. The number of rotatable bonds is 7. The van der Waals surface area contributed by atoms with Crippen LogP contribution >= 0.6 is 0 Å². The van der Waals surface area contributed by atoms with Gasteiger partial charge in [-0.1, -0.05) is 12.1 Å². The van der Waals surface area contributed by atoms with Crippen molar-refractivity contribution in [2.24, 2.45) is 5.73 Å². The van der Waals surface area contributed by atoms with Crippen LogP contribution < -0.4 is 15.8 Å². The molecule has 0 aliphatic rings. The van der Waals surface area contributed by atoms with E-state index in [1.165, 1.54) is 0 Å². The minimum atomic E-state index is -0.133. The van der Waals surface area contributed by atoms with Gasteiger partial charge in [0.05, 0.1) is 12.6 Å². The van der Waals surface area contributed by atoms with E-state index in [1.807, 2.05) is 39.0 Å². The highest BCUT2D eigenvalue weighted by atomic mass is 16.5. The van der Waals surface area contributed by atoms with Crippen molar-refractivity contribution in [3.63, 3.8) is 0 Å². The molecule has 0 fully saturated rings. The number of nitrogens with one attached hydrogen (secondary N) is 1. The second-order valence-electron chi connectivity index (χ2n) is 5.90. The van der Waals surface area contributed by atoms with Crippen molar-refractivity contribution in [3.8, 4) is 5.75 Å². The lowest BCUT2D eigenvalue weighted by atomic mass is 10.1. The van der Waals surface area contributed by atoms with E-state index in [4.69, 9.17) is 10.5 Å². The van der Waals surface area contributed by atoms with Gasteiger partial charge in [-0.25, -0.2) is 0 Å². The minimum Gasteiger partial charge on any atom is -0.493 e. The molecule has 0 aliphatic carbocycles. The van der Waals surface area contributed by atoms with E-state index >= 15 is 0 Å². The molecular weight excluding hydrogens is 302 g/mol. The van der Waals surface area contributed by atoms with Gasteiger partial charge in [0.25, 0.3) is 5.91 Å². The van der Waals surface area contributed by atoms with Crippen LogP contribution in [0.2, 0.25) is 0 Å². The smallest absolute Gasteiger partial charge is 0.251 e. The summed E-state index contributed by atoms with van der Waals surface area (Å²) in [5.74, 6) is 0.590. The molecule has 0 unspecified atom stereocenters. The Balaban J connectivity index is 2.06. The van der Waals surface area contributed by atoms with Gasteiger partial charge in [0.2, 0.25) is 0 Å². The molecule has 0 saturated carbocycles. The van der Waals surface area contributed by atoms with Crippen molar-refractivity contribution in [2.45, 2.75) is 33.2 Å². The standard InChI is InChI=1S/C19H25N3O2/c1-13-5-7-16(11-18(13)24-10-4-9-20)19(23)22-15(3)17-8-6-14(2)21-12-17/h5-8,11-12,15H,4,9-10,20H2,1-3H3,(H,22,23)/t15-/m0/s1. The van der Waals surface area contributed by atoms with E-state index in [0.29, 0.717) is 18.7 Å². The number of nitrogens with zero attached hydrogens (tertiary/aromatic N) is 1. The Morgan fingerprint density at radius 3 is 2.75 bits per heavy atom. The number of pyridine rings is 1. The number of carbonyl (C=O) groups is 1. The average Bonchev–Trinajstić information content (AvgIpc) is 2.57. The Hall–Kier alpha value is -2.40. The molecule has 0 aliphatic heterocycles. The number of aromatic nitrogens is 1. The topological polar surface area (TPSA) is 77.2 Å². The van der Waals surface area contributed by atoms with E-state index in [1.54, 1.807) is 18.3 Å². The summed E-state index contributed by atoms with van der Waals surface area (Å²) in [6.07, 6.45) is 2.57. The first-order valence-electron chi connectivity index (χ1n) is 8.18. The average molecular weight is 327 g/mol. The zero-order chi connectivity index (χ0) is 17.5. The summed E-state index contributed by atoms with van der Waals surface area (Å²) in [5.41, 5.74) is 8.98. The molecule has 0 radical (unpaired) electrons. The lowest BCUT2D eigenvalue weighted by molar-refractivity contribution is 0.0939. The van der Waals surface area contributed by atoms with Crippen LogP contribution in [0.15, 0.2) is 36.5 Å². The van der Waals surface area contributed by atoms with Gasteiger partial charge in [0.15, 0.2) is 0 Å². The molecule has 5 heteroatoms. The fourth-order valence-electron chi connectivity index (χ4n) is 2.26. The van der Waals surface area contributed by atoms with Crippen LogP contribution in [0.4, 0.5) is 0 Å². The molecule has 5 nitrogen and oxygen atoms in total. The lowest BCUT2D eigenvalue weighted by Crippen LogP contribution is -2.26. The molecule has 0 bridgehead atoms. The quantitative estimate of drug-likeness (QED) is 0.767.